The van der Waals surface area contributed by atoms with Crippen LogP contribution in [0.4, 0.5) is 5.69 Å². The first-order valence-corrected chi connectivity index (χ1v) is 5.87. The van der Waals surface area contributed by atoms with E-state index < -0.39 is 0 Å². The lowest BCUT2D eigenvalue weighted by molar-refractivity contribution is 0.0376. The molecule has 0 saturated carbocycles. The van der Waals surface area contributed by atoms with Crippen molar-refractivity contribution in [1.29, 1.82) is 0 Å². The molecule has 1 aromatic heterocycles. The molecule has 1 fully saturated rings. The second-order valence-electron chi connectivity index (χ2n) is 4.33. The minimum absolute atomic E-state index is 0.251. The molecule has 0 aliphatic carbocycles. The van der Waals surface area contributed by atoms with Crippen LogP contribution >= 0.6 is 0 Å². The molecule has 2 rings (SSSR count). The number of carbonyl (C=O) groups excluding carboxylic acids is 1. The zero-order valence-corrected chi connectivity index (χ0v) is 10.0. The fraction of sp³-hybridized carbons (Fsp3) is 0.583. The van der Waals surface area contributed by atoms with E-state index in [-0.39, 0.29) is 12.1 Å². The minimum atomic E-state index is -0.331. The van der Waals surface area contributed by atoms with Crippen LogP contribution < -0.4 is 5.73 Å². The molecular weight excluding hydrogens is 220 g/mol. The summed E-state index contributed by atoms with van der Waals surface area (Å²) in [6.45, 7) is 1.22. The third-order valence-corrected chi connectivity index (χ3v) is 2.93. The van der Waals surface area contributed by atoms with Crippen LogP contribution in [0.3, 0.4) is 0 Å². The average molecular weight is 238 g/mol. The second-order valence-corrected chi connectivity index (χ2v) is 4.33. The maximum atomic E-state index is 11.7. The summed E-state index contributed by atoms with van der Waals surface area (Å²) in [6.07, 6.45) is 4.88. The van der Waals surface area contributed by atoms with E-state index >= 15 is 0 Å². The first-order chi connectivity index (χ1) is 8.16. The van der Waals surface area contributed by atoms with Gasteiger partial charge in [0.25, 0.3) is 0 Å². The lowest BCUT2D eigenvalue weighted by Gasteiger charge is -2.09. The predicted octanol–water partition coefficient (Wildman–Crippen LogP) is 1.33. The maximum Gasteiger partial charge on any atom is 0.355 e. The molecule has 0 bridgehead atoms. The molecule has 1 aromatic rings. The second kappa shape index (κ2) is 5.23. The molecule has 0 amide bonds. The number of nitrogen functional groups attached to an aromatic ring is 1. The summed E-state index contributed by atoms with van der Waals surface area (Å²) in [4.78, 5) is 11.7. The van der Waals surface area contributed by atoms with E-state index in [9.17, 15) is 4.79 Å². The summed E-state index contributed by atoms with van der Waals surface area (Å²) >= 11 is 0. The maximum absolute atomic E-state index is 11.7. The quantitative estimate of drug-likeness (QED) is 0.804. The number of hydrogen-bond acceptors (Lipinski definition) is 4. The van der Waals surface area contributed by atoms with E-state index in [0.717, 1.165) is 25.9 Å². The molecule has 1 saturated heterocycles. The number of nitrogens with zero attached hydrogens (tertiary/aromatic N) is 1. The number of rotatable bonds is 4. The number of carbonyl (C=O) groups is 1. The Bertz CT molecular complexity index is 394. The van der Waals surface area contributed by atoms with E-state index in [1.54, 1.807) is 23.9 Å². The highest BCUT2D eigenvalue weighted by Gasteiger charge is 2.17. The van der Waals surface area contributed by atoms with Gasteiger partial charge in [-0.3, -0.25) is 0 Å². The Kier molecular flexibility index (Phi) is 3.68. The van der Waals surface area contributed by atoms with Gasteiger partial charge >= 0.3 is 5.97 Å². The number of esters is 1. The summed E-state index contributed by atoms with van der Waals surface area (Å²) in [5.41, 5.74) is 6.65. The Morgan fingerprint density at radius 3 is 3.12 bits per heavy atom. The fourth-order valence-corrected chi connectivity index (χ4v) is 2.02. The van der Waals surface area contributed by atoms with E-state index in [0.29, 0.717) is 18.0 Å². The van der Waals surface area contributed by atoms with Gasteiger partial charge in [0.2, 0.25) is 0 Å². The Hall–Kier alpha value is -1.49. The SMILES string of the molecule is Cn1cc(N)cc1C(=O)OCCC1CCCO1. The van der Waals surface area contributed by atoms with Gasteiger partial charge in [0.15, 0.2) is 0 Å². The smallest absolute Gasteiger partial charge is 0.355 e. The number of hydrogen-bond donors (Lipinski definition) is 1. The summed E-state index contributed by atoms with van der Waals surface area (Å²) in [5.74, 6) is -0.331. The Morgan fingerprint density at radius 1 is 1.71 bits per heavy atom. The van der Waals surface area contributed by atoms with Gasteiger partial charge in [0, 0.05) is 26.3 Å². The van der Waals surface area contributed by atoms with Crippen LogP contribution in [0.2, 0.25) is 0 Å². The number of aromatic nitrogens is 1. The highest BCUT2D eigenvalue weighted by atomic mass is 16.5. The Morgan fingerprint density at radius 2 is 2.53 bits per heavy atom. The fourth-order valence-electron chi connectivity index (χ4n) is 2.02. The average Bonchev–Trinajstić information content (AvgIpc) is 2.88. The lowest BCUT2D eigenvalue weighted by Crippen LogP contribution is -2.14. The van der Waals surface area contributed by atoms with Crippen LogP contribution in [-0.4, -0.2) is 29.9 Å². The summed E-state index contributed by atoms with van der Waals surface area (Å²) in [7, 11) is 1.77. The van der Waals surface area contributed by atoms with Crippen molar-refractivity contribution in [2.75, 3.05) is 18.9 Å². The van der Waals surface area contributed by atoms with E-state index in [1.807, 2.05) is 0 Å². The molecule has 2 heterocycles. The lowest BCUT2D eigenvalue weighted by atomic mass is 10.2. The highest BCUT2D eigenvalue weighted by Crippen LogP contribution is 2.16. The van der Waals surface area contributed by atoms with Gasteiger partial charge in [0.1, 0.15) is 5.69 Å². The van der Waals surface area contributed by atoms with Crippen molar-refractivity contribution in [3.05, 3.63) is 18.0 Å². The normalized spacial score (nSPS) is 19.5. The van der Waals surface area contributed by atoms with Crippen LogP contribution in [0.1, 0.15) is 29.8 Å². The number of aryl methyl sites for hydroxylation is 1. The van der Waals surface area contributed by atoms with Crippen LogP contribution in [0.15, 0.2) is 12.3 Å². The van der Waals surface area contributed by atoms with Crippen LogP contribution in [-0.2, 0) is 16.5 Å². The third-order valence-electron chi connectivity index (χ3n) is 2.93. The third kappa shape index (κ3) is 3.00. The molecule has 1 atom stereocenters. The van der Waals surface area contributed by atoms with Crippen LogP contribution in [0.25, 0.3) is 0 Å². The van der Waals surface area contributed by atoms with Crippen LogP contribution in [0, 0.1) is 0 Å². The van der Waals surface area contributed by atoms with E-state index in [4.69, 9.17) is 15.2 Å². The first kappa shape index (κ1) is 12.0. The van der Waals surface area contributed by atoms with Crippen LogP contribution in [0.5, 0.6) is 0 Å². The Labute approximate surface area is 100 Å². The number of anilines is 1. The standard InChI is InChI=1S/C12H18N2O3/c1-14-8-9(13)7-11(14)12(15)17-6-4-10-3-2-5-16-10/h7-8,10H,2-6,13H2,1H3. The zero-order valence-electron chi connectivity index (χ0n) is 10.0. The summed E-state index contributed by atoms with van der Waals surface area (Å²) in [6, 6.07) is 1.62. The zero-order chi connectivity index (χ0) is 12.3. The molecular formula is C12H18N2O3. The molecule has 2 N–H and O–H groups in total. The van der Waals surface area contributed by atoms with Gasteiger partial charge in [-0.05, 0) is 18.9 Å². The molecule has 1 unspecified atom stereocenters. The van der Waals surface area contributed by atoms with Crippen molar-refractivity contribution in [2.24, 2.45) is 7.05 Å². The molecule has 1 aliphatic rings. The van der Waals surface area contributed by atoms with Crippen molar-refractivity contribution in [3.63, 3.8) is 0 Å². The molecule has 5 heteroatoms. The first-order valence-electron chi connectivity index (χ1n) is 5.87. The van der Waals surface area contributed by atoms with E-state index in [1.165, 1.54) is 0 Å². The minimum Gasteiger partial charge on any atom is -0.461 e. The van der Waals surface area contributed by atoms with Crippen molar-refractivity contribution in [1.82, 2.24) is 4.57 Å². The summed E-state index contributed by atoms with van der Waals surface area (Å²) < 4.78 is 12.3. The molecule has 1 aliphatic heterocycles. The highest BCUT2D eigenvalue weighted by molar-refractivity contribution is 5.89. The largest absolute Gasteiger partial charge is 0.461 e. The van der Waals surface area contributed by atoms with Gasteiger partial charge in [-0.2, -0.15) is 0 Å². The molecule has 0 radical (unpaired) electrons. The van der Waals surface area contributed by atoms with Gasteiger partial charge < -0.3 is 19.8 Å². The molecule has 94 valence electrons. The molecule has 0 aromatic carbocycles. The number of nitrogens with two attached hydrogens (primary N) is 1. The van der Waals surface area contributed by atoms with E-state index in [2.05, 4.69) is 0 Å². The van der Waals surface area contributed by atoms with Gasteiger partial charge in [-0.1, -0.05) is 0 Å². The van der Waals surface area contributed by atoms with Crippen molar-refractivity contribution in [3.8, 4) is 0 Å². The van der Waals surface area contributed by atoms with Crippen molar-refractivity contribution >= 4 is 11.7 Å². The van der Waals surface area contributed by atoms with Crippen molar-refractivity contribution < 1.29 is 14.3 Å². The number of ether oxygens (including phenoxy) is 2. The molecule has 17 heavy (non-hydrogen) atoms. The predicted molar refractivity (Wildman–Crippen MR) is 63.7 cm³/mol. The molecule has 0 spiro atoms. The topological polar surface area (TPSA) is 66.5 Å². The van der Waals surface area contributed by atoms with Gasteiger partial charge in [-0.15, -0.1) is 0 Å². The van der Waals surface area contributed by atoms with Gasteiger partial charge in [-0.25, -0.2) is 4.79 Å². The monoisotopic (exact) mass is 238 g/mol. The summed E-state index contributed by atoms with van der Waals surface area (Å²) in [5, 5.41) is 0. The van der Waals surface area contributed by atoms with Gasteiger partial charge in [0.05, 0.1) is 18.4 Å². The van der Waals surface area contributed by atoms with Crippen molar-refractivity contribution in [2.45, 2.75) is 25.4 Å². The Balaban J connectivity index is 1.78. The molecule has 5 nitrogen and oxygen atoms in total.